The van der Waals surface area contributed by atoms with E-state index in [4.69, 9.17) is 14.6 Å². The van der Waals surface area contributed by atoms with Crippen molar-refractivity contribution in [3.63, 3.8) is 0 Å². The monoisotopic (exact) mass is 298 g/mol. The Balaban J connectivity index is 2.15. The predicted octanol–water partition coefficient (Wildman–Crippen LogP) is 3.68. The Morgan fingerprint density at radius 2 is 1.91 bits per heavy atom. The molecule has 0 saturated carbocycles. The van der Waals surface area contributed by atoms with Crippen LogP contribution in [0.1, 0.15) is 16.7 Å². The number of hydrogen-bond acceptors (Lipinski definition) is 3. The fourth-order valence-electron chi connectivity index (χ4n) is 1.98. The highest BCUT2D eigenvalue weighted by Gasteiger charge is 2.05. The Morgan fingerprint density at radius 1 is 1.18 bits per heavy atom. The Bertz CT molecular complexity index is 672. The molecule has 0 saturated heterocycles. The van der Waals surface area contributed by atoms with Gasteiger partial charge in [-0.3, -0.25) is 0 Å². The minimum absolute atomic E-state index is 0.348. The van der Waals surface area contributed by atoms with Crippen LogP contribution in [0.2, 0.25) is 0 Å². The van der Waals surface area contributed by atoms with Crippen LogP contribution in [0, 0.1) is 6.92 Å². The summed E-state index contributed by atoms with van der Waals surface area (Å²) in [7, 11) is 1.59. The summed E-state index contributed by atoms with van der Waals surface area (Å²) >= 11 is 0. The van der Waals surface area contributed by atoms with E-state index in [1.165, 1.54) is 11.6 Å². The first-order valence-electron chi connectivity index (χ1n) is 6.86. The van der Waals surface area contributed by atoms with E-state index in [2.05, 4.69) is 0 Å². The molecule has 0 aliphatic rings. The molecule has 0 aromatic heterocycles. The number of carboxylic acid groups (broad SMARTS) is 1. The second-order valence-corrected chi connectivity index (χ2v) is 4.84. The van der Waals surface area contributed by atoms with Crippen LogP contribution in [0.15, 0.2) is 48.5 Å². The molecular weight excluding hydrogens is 280 g/mol. The third kappa shape index (κ3) is 4.38. The maximum atomic E-state index is 10.6. The smallest absolute Gasteiger partial charge is 0.328 e. The van der Waals surface area contributed by atoms with E-state index in [-0.39, 0.29) is 0 Å². The molecular formula is C18H18O4. The van der Waals surface area contributed by atoms with Gasteiger partial charge in [-0.1, -0.05) is 23.8 Å². The number of benzene rings is 2. The van der Waals surface area contributed by atoms with Gasteiger partial charge >= 0.3 is 5.97 Å². The number of hydrogen-bond donors (Lipinski definition) is 1. The molecule has 0 amide bonds. The number of aryl methyl sites for hydroxylation is 1. The van der Waals surface area contributed by atoms with Crippen molar-refractivity contribution < 1.29 is 19.4 Å². The second-order valence-electron chi connectivity index (χ2n) is 4.84. The molecule has 0 aliphatic carbocycles. The van der Waals surface area contributed by atoms with E-state index >= 15 is 0 Å². The first kappa shape index (κ1) is 15.6. The highest BCUT2D eigenvalue weighted by atomic mass is 16.5. The van der Waals surface area contributed by atoms with E-state index in [1.807, 2.05) is 37.3 Å². The SMILES string of the molecule is COc1ccc(C=CC(=O)O)cc1COc1ccc(C)cc1. The molecule has 0 atom stereocenters. The lowest BCUT2D eigenvalue weighted by atomic mass is 10.1. The van der Waals surface area contributed by atoms with E-state index in [9.17, 15) is 4.79 Å². The Labute approximate surface area is 129 Å². The average molecular weight is 298 g/mol. The number of rotatable bonds is 6. The largest absolute Gasteiger partial charge is 0.496 e. The zero-order valence-electron chi connectivity index (χ0n) is 12.6. The normalized spacial score (nSPS) is 10.6. The molecule has 114 valence electrons. The van der Waals surface area contributed by atoms with Gasteiger partial charge in [-0.2, -0.15) is 0 Å². The minimum Gasteiger partial charge on any atom is -0.496 e. The Kier molecular flexibility index (Phi) is 5.20. The van der Waals surface area contributed by atoms with Crippen LogP contribution in [0.25, 0.3) is 6.08 Å². The van der Waals surface area contributed by atoms with Crippen molar-refractivity contribution >= 4 is 12.0 Å². The van der Waals surface area contributed by atoms with Crippen LogP contribution >= 0.6 is 0 Å². The van der Waals surface area contributed by atoms with Gasteiger partial charge in [-0.05, 0) is 42.8 Å². The number of aliphatic carboxylic acids is 1. The summed E-state index contributed by atoms with van der Waals surface area (Å²) < 4.78 is 11.1. The molecule has 1 N–H and O–H groups in total. The van der Waals surface area contributed by atoms with Crippen molar-refractivity contribution in [2.45, 2.75) is 13.5 Å². The highest BCUT2D eigenvalue weighted by molar-refractivity contribution is 5.85. The third-order valence-corrected chi connectivity index (χ3v) is 3.14. The van der Waals surface area contributed by atoms with Crippen molar-refractivity contribution in [1.29, 1.82) is 0 Å². The predicted molar refractivity (Wildman–Crippen MR) is 85.2 cm³/mol. The molecule has 0 bridgehead atoms. The molecule has 4 heteroatoms. The van der Waals surface area contributed by atoms with E-state index < -0.39 is 5.97 Å². The van der Waals surface area contributed by atoms with Crippen molar-refractivity contribution in [3.8, 4) is 11.5 Å². The molecule has 2 aromatic rings. The topological polar surface area (TPSA) is 55.8 Å². The number of carboxylic acids is 1. The third-order valence-electron chi connectivity index (χ3n) is 3.14. The molecule has 0 radical (unpaired) electrons. The minimum atomic E-state index is -0.978. The zero-order valence-corrected chi connectivity index (χ0v) is 12.6. The second kappa shape index (κ2) is 7.31. The lowest BCUT2D eigenvalue weighted by Crippen LogP contribution is -1.99. The zero-order chi connectivity index (χ0) is 15.9. The summed E-state index contributed by atoms with van der Waals surface area (Å²) in [5, 5.41) is 8.68. The van der Waals surface area contributed by atoms with Crippen LogP contribution in [0.4, 0.5) is 0 Å². The van der Waals surface area contributed by atoms with E-state index in [0.717, 1.165) is 23.0 Å². The van der Waals surface area contributed by atoms with Crippen molar-refractivity contribution in [1.82, 2.24) is 0 Å². The quantitative estimate of drug-likeness (QED) is 0.827. The first-order valence-corrected chi connectivity index (χ1v) is 6.86. The van der Waals surface area contributed by atoms with Gasteiger partial charge in [0, 0.05) is 11.6 Å². The van der Waals surface area contributed by atoms with Gasteiger partial charge in [0.1, 0.15) is 18.1 Å². The lowest BCUT2D eigenvalue weighted by molar-refractivity contribution is -0.131. The van der Waals surface area contributed by atoms with Crippen LogP contribution in [0.3, 0.4) is 0 Å². The van der Waals surface area contributed by atoms with Gasteiger partial charge in [0.25, 0.3) is 0 Å². The van der Waals surface area contributed by atoms with Gasteiger partial charge in [0.2, 0.25) is 0 Å². The lowest BCUT2D eigenvalue weighted by Gasteiger charge is -2.11. The Hall–Kier alpha value is -2.75. The summed E-state index contributed by atoms with van der Waals surface area (Å²) in [6.07, 6.45) is 2.64. The molecule has 0 spiro atoms. The van der Waals surface area contributed by atoms with Crippen molar-refractivity contribution in [3.05, 3.63) is 65.2 Å². The van der Waals surface area contributed by atoms with Crippen molar-refractivity contribution in [2.24, 2.45) is 0 Å². The van der Waals surface area contributed by atoms with Gasteiger partial charge in [-0.25, -0.2) is 4.79 Å². The fraction of sp³-hybridized carbons (Fsp3) is 0.167. The average Bonchev–Trinajstić information content (AvgIpc) is 2.52. The standard InChI is InChI=1S/C18H18O4/c1-13-3-7-16(8-4-13)22-12-15-11-14(6-10-18(19)20)5-9-17(15)21-2/h3-11H,12H2,1-2H3,(H,19,20). The van der Waals surface area contributed by atoms with Crippen LogP contribution < -0.4 is 9.47 Å². The van der Waals surface area contributed by atoms with Gasteiger partial charge in [0.05, 0.1) is 7.11 Å². The number of carbonyl (C=O) groups is 1. The van der Waals surface area contributed by atoms with Gasteiger partial charge < -0.3 is 14.6 Å². The van der Waals surface area contributed by atoms with Gasteiger partial charge in [-0.15, -0.1) is 0 Å². The van der Waals surface area contributed by atoms with Crippen LogP contribution in [-0.2, 0) is 11.4 Å². The number of methoxy groups -OCH3 is 1. The molecule has 4 nitrogen and oxygen atoms in total. The van der Waals surface area contributed by atoms with Crippen LogP contribution in [-0.4, -0.2) is 18.2 Å². The Morgan fingerprint density at radius 3 is 2.55 bits per heavy atom. The summed E-state index contributed by atoms with van der Waals surface area (Å²) in [6.45, 7) is 2.37. The molecule has 0 aliphatic heterocycles. The fourth-order valence-corrected chi connectivity index (χ4v) is 1.98. The molecule has 2 rings (SSSR count). The summed E-state index contributed by atoms with van der Waals surface area (Å²) in [6, 6.07) is 13.2. The molecule has 2 aromatic carbocycles. The maximum absolute atomic E-state index is 10.6. The summed E-state index contributed by atoms with van der Waals surface area (Å²) in [5.74, 6) is 0.506. The molecule has 22 heavy (non-hydrogen) atoms. The number of ether oxygens (including phenoxy) is 2. The molecule has 0 fully saturated rings. The maximum Gasteiger partial charge on any atom is 0.328 e. The molecule has 0 heterocycles. The van der Waals surface area contributed by atoms with Crippen molar-refractivity contribution in [2.75, 3.05) is 7.11 Å². The molecule has 0 unspecified atom stereocenters. The summed E-state index contributed by atoms with van der Waals surface area (Å²) in [4.78, 5) is 10.6. The first-order chi connectivity index (χ1) is 10.6. The van der Waals surface area contributed by atoms with E-state index in [0.29, 0.717) is 12.4 Å². The van der Waals surface area contributed by atoms with E-state index in [1.54, 1.807) is 19.2 Å². The van der Waals surface area contributed by atoms with Gasteiger partial charge in [0.15, 0.2) is 0 Å². The summed E-state index contributed by atoms with van der Waals surface area (Å²) in [5.41, 5.74) is 2.81. The highest BCUT2D eigenvalue weighted by Crippen LogP contribution is 2.23. The van der Waals surface area contributed by atoms with Crippen LogP contribution in [0.5, 0.6) is 11.5 Å².